The van der Waals surface area contributed by atoms with Gasteiger partial charge in [-0.1, -0.05) is 42.5 Å². The van der Waals surface area contributed by atoms with E-state index in [0.29, 0.717) is 5.56 Å². The number of halogens is 3. The van der Waals surface area contributed by atoms with Gasteiger partial charge in [-0.15, -0.1) is 0 Å². The Labute approximate surface area is 126 Å². The Morgan fingerprint density at radius 3 is 2.38 bits per heavy atom. The molecule has 116 valence electrons. The average Bonchev–Trinajstić information content (AvgIpc) is 2.38. The summed E-state index contributed by atoms with van der Waals surface area (Å²) >= 11 is 4.89. The molecular formula is C14H17F3N2OS. The summed E-state index contributed by atoms with van der Waals surface area (Å²) < 4.78 is 35.9. The van der Waals surface area contributed by atoms with Gasteiger partial charge in [-0.25, -0.2) is 0 Å². The number of amides is 1. The van der Waals surface area contributed by atoms with Gasteiger partial charge in [0.05, 0.1) is 4.99 Å². The zero-order valence-corrected chi connectivity index (χ0v) is 12.1. The van der Waals surface area contributed by atoms with E-state index in [9.17, 15) is 18.0 Å². The van der Waals surface area contributed by atoms with Gasteiger partial charge in [0.1, 0.15) is 5.92 Å². The highest BCUT2D eigenvalue weighted by Crippen LogP contribution is 2.22. The number of thiocarbonyl (C=S) groups is 1. The van der Waals surface area contributed by atoms with Crippen molar-refractivity contribution < 1.29 is 18.0 Å². The third-order valence-electron chi connectivity index (χ3n) is 2.87. The van der Waals surface area contributed by atoms with Crippen molar-refractivity contribution in [3.8, 4) is 0 Å². The molecule has 1 atom stereocenters. The molecule has 21 heavy (non-hydrogen) atoms. The first-order chi connectivity index (χ1) is 9.81. The number of alkyl halides is 3. The van der Waals surface area contributed by atoms with Crippen LogP contribution in [0, 0.1) is 0 Å². The largest absolute Gasteiger partial charge is 0.392 e. The van der Waals surface area contributed by atoms with Crippen molar-refractivity contribution in [3.63, 3.8) is 0 Å². The zero-order valence-electron chi connectivity index (χ0n) is 11.3. The van der Waals surface area contributed by atoms with Gasteiger partial charge in [0, 0.05) is 13.0 Å². The smallest absolute Gasteiger partial charge is 0.389 e. The molecule has 0 fully saturated rings. The van der Waals surface area contributed by atoms with Crippen molar-refractivity contribution in [1.29, 1.82) is 0 Å². The van der Waals surface area contributed by atoms with Crippen LogP contribution in [0.2, 0.25) is 0 Å². The van der Waals surface area contributed by atoms with E-state index >= 15 is 0 Å². The van der Waals surface area contributed by atoms with Crippen LogP contribution < -0.4 is 11.1 Å². The summed E-state index contributed by atoms with van der Waals surface area (Å²) in [5, 5.41) is 2.58. The van der Waals surface area contributed by atoms with E-state index < -0.39 is 18.5 Å². The summed E-state index contributed by atoms with van der Waals surface area (Å²) in [5.41, 5.74) is 6.24. The van der Waals surface area contributed by atoms with Crippen LogP contribution in [0.25, 0.3) is 0 Å². The molecule has 0 aliphatic carbocycles. The van der Waals surface area contributed by atoms with Crippen molar-refractivity contribution in [1.82, 2.24) is 5.32 Å². The SMILES string of the molecule is NC(=S)C(C(=O)NCCCCC(F)(F)F)c1ccccc1. The molecule has 0 saturated heterocycles. The van der Waals surface area contributed by atoms with E-state index in [-0.39, 0.29) is 30.3 Å². The quantitative estimate of drug-likeness (QED) is 0.600. The summed E-state index contributed by atoms with van der Waals surface area (Å²) in [4.78, 5) is 12.1. The van der Waals surface area contributed by atoms with Crippen LogP contribution in [0.3, 0.4) is 0 Å². The Kier molecular flexibility index (Phi) is 6.61. The summed E-state index contributed by atoms with van der Waals surface area (Å²) in [6.07, 6.45) is -4.77. The highest BCUT2D eigenvalue weighted by molar-refractivity contribution is 7.80. The molecule has 0 aromatic heterocycles. The fourth-order valence-corrected chi connectivity index (χ4v) is 2.10. The Balaban J connectivity index is 2.47. The molecule has 0 heterocycles. The maximum absolute atomic E-state index is 12.0. The summed E-state index contributed by atoms with van der Waals surface area (Å²) in [6, 6.07) is 8.78. The van der Waals surface area contributed by atoms with Crippen molar-refractivity contribution in [2.45, 2.75) is 31.4 Å². The van der Waals surface area contributed by atoms with Gasteiger partial charge >= 0.3 is 6.18 Å². The van der Waals surface area contributed by atoms with Crippen LogP contribution in [-0.4, -0.2) is 23.6 Å². The van der Waals surface area contributed by atoms with Gasteiger partial charge in [0.2, 0.25) is 5.91 Å². The Hall–Kier alpha value is -1.63. The van der Waals surface area contributed by atoms with Gasteiger partial charge in [0.15, 0.2) is 0 Å². The van der Waals surface area contributed by atoms with Crippen LogP contribution in [0.15, 0.2) is 30.3 Å². The summed E-state index contributed by atoms with van der Waals surface area (Å²) in [7, 11) is 0. The predicted octanol–water partition coefficient (Wildman–Crippen LogP) is 2.91. The van der Waals surface area contributed by atoms with Crippen molar-refractivity contribution in [2.75, 3.05) is 6.54 Å². The van der Waals surface area contributed by atoms with Crippen LogP contribution in [-0.2, 0) is 4.79 Å². The molecule has 0 radical (unpaired) electrons. The molecule has 0 saturated carbocycles. The first-order valence-corrected chi connectivity index (χ1v) is 6.91. The van der Waals surface area contributed by atoms with E-state index in [0.717, 1.165) is 0 Å². The molecular weight excluding hydrogens is 301 g/mol. The number of hydrogen-bond donors (Lipinski definition) is 2. The van der Waals surface area contributed by atoms with Crippen LogP contribution >= 0.6 is 12.2 Å². The fourth-order valence-electron chi connectivity index (χ4n) is 1.85. The maximum Gasteiger partial charge on any atom is 0.389 e. The first-order valence-electron chi connectivity index (χ1n) is 6.50. The standard InChI is InChI=1S/C14H17F3N2OS/c15-14(16,17)8-4-5-9-19-13(20)11(12(18)21)10-6-2-1-3-7-10/h1-3,6-7,11H,4-5,8-9H2,(H2,18,21)(H,19,20). The average molecular weight is 318 g/mol. The molecule has 1 amide bonds. The number of carbonyl (C=O) groups excluding carboxylic acids is 1. The van der Waals surface area contributed by atoms with Gasteiger partial charge < -0.3 is 11.1 Å². The van der Waals surface area contributed by atoms with Crippen LogP contribution in [0.4, 0.5) is 13.2 Å². The summed E-state index contributed by atoms with van der Waals surface area (Å²) in [5.74, 6) is -1.15. The van der Waals surface area contributed by atoms with Gasteiger partial charge in [-0.05, 0) is 18.4 Å². The van der Waals surface area contributed by atoms with Crippen LogP contribution in [0.5, 0.6) is 0 Å². The Bertz CT molecular complexity index is 477. The molecule has 7 heteroatoms. The number of unbranched alkanes of at least 4 members (excludes halogenated alkanes) is 1. The minimum Gasteiger partial charge on any atom is -0.392 e. The van der Waals surface area contributed by atoms with Crippen molar-refractivity contribution >= 4 is 23.1 Å². The Morgan fingerprint density at radius 1 is 1.24 bits per heavy atom. The molecule has 0 spiro atoms. The molecule has 1 unspecified atom stereocenters. The first kappa shape index (κ1) is 17.4. The van der Waals surface area contributed by atoms with Crippen molar-refractivity contribution in [2.24, 2.45) is 5.73 Å². The van der Waals surface area contributed by atoms with E-state index in [2.05, 4.69) is 5.32 Å². The number of hydrogen-bond acceptors (Lipinski definition) is 2. The maximum atomic E-state index is 12.0. The number of carbonyl (C=O) groups is 1. The normalized spacial score (nSPS) is 12.7. The predicted molar refractivity (Wildman–Crippen MR) is 78.9 cm³/mol. The number of rotatable bonds is 7. The minimum absolute atomic E-state index is 0.0210. The lowest BCUT2D eigenvalue weighted by molar-refractivity contribution is -0.135. The highest BCUT2D eigenvalue weighted by atomic mass is 32.1. The number of benzene rings is 1. The lowest BCUT2D eigenvalue weighted by Gasteiger charge is -2.16. The fraction of sp³-hybridized carbons (Fsp3) is 0.429. The lowest BCUT2D eigenvalue weighted by Crippen LogP contribution is -2.36. The van der Waals surface area contributed by atoms with E-state index in [1.54, 1.807) is 30.3 Å². The highest BCUT2D eigenvalue weighted by Gasteiger charge is 2.26. The van der Waals surface area contributed by atoms with Gasteiger partial charge in [0.25, 0.3) is 0 Å². The molecule has 0 bridgehead atoms. The van der Waals surface area contributed by atoms with E-state index in [1.165, 1.54) is 0 Å². The zero-order chi connectivity index (χ0) is 15.9. The Morgan fingerprint density at radius 2 is 1.86 bits per heavy atom. The van der Waals surface area contributed by atoms with Crippen molar-refractivity contribution in [3.05, 3.63) is 35.9 Å². The van der Waals surface area contributed by atoms with E-state index in [1.807, 2.05) is 0 Å². The second kappa shape index (κ2) is 7.97. The number of nitrogens with one attached hydrogen (secondary N) is 1. The molecule has 0 aliphatic heterocycles. The molecule has 1 aromatic rings. The molecule has 3 N–H and O–H groups in total. The molecule has 1 aromatic carbocycles. The molecule has 1 rings (SSSR count). The van der Waals surface area contributed by atoms with Gasteiger partial charge in [-0.2, -0.15) is 13.2 Å². The minimum atomic E-state index is -4.16. The third kappa shape index (κ3) is 6.57. The van der Waals surface area contributed by atoms with Crippen LogP contribution in [0.1, 0.15) is 30.7 Å². The topological polar surface area (TPSA) is 55.1 Å². The molecule has 3 nitrogen and oxygen atoms in total. The van der Waals surface area contributed by atoms with Gasteiger partial charge in [-0.3, -0.25) is 4.79 Å². The second-order valence-corrected chi connectivity index (χ2v) is 5.08. The summed E-state index contributed by atoms with van der Waals surface area (Å²) in [6.45, 7) is 0.168. The van der Waals surface area contributed by atoms with E-state index in [4.69, 9.17) is 18.0 Å². The molecule has 0 aliphatic rings. The number of nitrogens with two attached hydrogens (primary N) is 1. The monoisotopic (exact) mass is 318 g/mol. The lowest BCUT2D eigenvalue weighted by atomic mass is 9.98. The second-order valence-electron chi connectivity index (χ2n) is 4.61. The third-order valence-corrected chi connectivity index (χ3v) is 3.10.